The number of anilines is 1. The lowest BCUT2D eigenvalue weighted by atomic mass is 10.1. The maximum absolute atomic E-state index is 11.0. The second-order valence-electron chi connectivity index (χ2n) is 6.83. The molecule has 0 amide bonds. The number of nitro groups is 1. The molecule has 4 rings (SSSR count). The van der Waals surface area contributed by atoms with E-state index in [1.165, 1.54) is 6.07 Å². The molecule has 0 saturated heterocycles. The lowest BCUT2D eigenvalue weighted by molar-refractivity contribution is -0.384. The van der Waals surface area contributed by atoms with Crippen molar-refractivity contribution in [2.24, 2.45) is 0 Å². The summed E-state index contributed by atoms with van der Waals surface area (Å²) >= 11 is 0. The van der Waals surface area contributed by atoms with Gasteiger partial charge in [-0.15, -0.1) is 0 Å². The number of non-ortho nitro benzene ring substituents is 1. The molecule has 0 aliphatic carbocycles. The minimum atomic E-state index is -0.375. The van der Waals surface area contributed by atoms with E-state index in [1.807, 2.05) is 6.07 Å². The Kier molecular flexibility index (Phi) is 4.79. The first-order chi connectivity index (χ1) is 14.0. The third-order valence-corrected chi connectivity index (χ3v) is 5.05. The van der Waals surface area contributed by atoms with Gasteiger partial charge < -0.3 is 18.9 Å². The van der Waals surface area contributed by atoms with Crippen LogP contribution in [0.5, 0.6) is 11.5 Å². The summed E-state index contributed by atoms with van der Waals surface area (Å²) in [5, 5.41) is 15.1. The van der Waals surface area contributed by atoms with Crippen LogP contribution in [0.2, 0.25) is 0 Å². The van der Waals surface area contributed by atoms with E-state index in [2.05, 4.69) is 22.0 Å². The molecule has 9 heteroatoms. The van der Waals surface area contributed by atoms with Gasteiger partial charge in [0.1, 0.15) is 11.5 Å². The van der Waals surface area contributed by atoms with Crippen LogP contribution in [0, 0.1) is 10.1 Å². The third kappa shape index (κ3) is 3.46. The van der Waals surface area contributed by atoms with Crippen LogP contribution < -0.4 is 14.4 Å². The lowest BCUT2D eigenvalue weighted by Gasteiger charge is -2.22. The van der Waals surface area contributed by atoms with E-state index in [0.717, 1.165) is 17.7 Å². The van der Waals surface area contributed by atoms with E-state index in [4.69, 9.17) is 14.0 Å². The van der Waals surface area contributed by atoms with Crippen LogP contribution in [-0.4, -0.2) is 35.3 Å². The fourth-order valence-electron chi connectivity index (χ4n) is 3.59. The van der Waals surface area contributed by atoms with Gasteiger partial charge in [-0.05, 0) is 37.1 Å². The maximum atomic E-state index is 11.0. The summed E-state index contributed by atoms with van der Waals surface area (Å²) < 4.78 is 16.1. The zero-order chi connectivity index (χ0) is 20.5. The Labute approximate surface area is 167 Å². The van der Waals surface area contributed by atoms with E-state index < -0.39 is 0 Å². The molecule has 0 saturated carbocycles. The second-order valence-corrected chi connectivity index (χ2v) is 6.83. The molecule has 3 aromatic rings. The van der Waals surface area contributed by atoms with Crippen LogP contribution in [0.3, 0.4) is 0 Å². The van der Waals surface area contributed by atoms with E-state index in [0.29, 0.717) is 35.3 Å². The van der Waals surface area contributed by atoms with E-state index in [-0.39, 0.29) is 16.7 Å². The van der Waals surface area contributed by atoms with Crippen molar-refractivity contribution in [3.05, 3.63) is 58.0 Å². The largest absolute Gasteiger partial charge is 0.497 e. The van der Waals surface area contributed by atoms with Gasteiger partial charge in [-0.1, -0.05) is 5.16 Å². The van der Waals surface area contributed by atoms with Crippen molar-refractivity contribution in [1.82, 2.24) is 10.1 Å². The van der Waals surface area contributed by atoms with Crippen molar-refractivity contribution < 1.29 is 18.9 Å². The smallest absolute Gasteiger partial charge is 0.269 e. The minimum absolute atomic E-state index is 0.101. The second kappa shape index (κ2) is 7.42. The number of nitrogens with zero attached hydrogens (tertiary/aromatic N) is 4. The highest BCUT2D eigenvalue weighted by atomic mass is 16.6. The molecular weight excluding hydrogens is 376 g/mol. The average Bonchev–Trinajstić information content (AvgIpc) is 3.31. The average molecular weight is 396 g/mol. The van der Waals surface area contributed by atoms with Crippen molar-refractivity contribution in [1.29, 1.82) is 0 Å². The summed E-state index contributed by atoms with van der Waals surface area (Å²) in [7, 11) is 3.16. The van der Waals surface area contributed by atoms with Crippen LogP contribution in [0.4, 0.5) is 11.4 Å². The Morgan fingerprint density at radius 3 is 2.79 bits per heavy atom. The summed E-state index contributed by atoms with van der Waals surface area (Å²) in [5.74, 6) is 2.14. The molecule has 150 valence electrons. The summed E-state index contributed by atoms with van der Waals surface area (Å²) in [6.45, 7) is 2.48. The number of hydrogen-bond acceptors (Lipinski definition) is 8. The van der Waals surface area contributed by atoms with Gasteiger partial charge >= 0.3 is 0 Å². The predicted octanol–water partition coefficient (Wildman–Crippen LogP) is 3.61. The number of methoxy groups -OCH3 is 2. The topological polar surface area (TPSA) is 104 Å². The Bertz CT molecular complexity index is 1060. The van der Waals surface area contributed by atoms with E-state index in [9.17, 15) is 10.1 Å². The van der Waals surface area contributed by atoms with Crippen LogP contribution in [-0.2, 0) is 13.0 Å². The number of benzene rings is 2. The van der Waals surface area contributed by atoms with Crippen molar-refractivity contribution in [3.63, 3.8) is 0 Å². The number of aromatic nitrogens is 2. The molecule has 1 aromatic heterocycles. The molecule has 0 spiro atoms. The Hall–Kier alpha value is -3.62. The monoisotopic (exact) mass is 396 g/mol. The van der Waals surface area contributed by atoms with Crippen LogP contribution >= 0.6 is 0 Å². The first-order valence-electron chi connectivity index (χ1n) is 9.09. The SMILES string of the molecule is COc1ccc(-c2noc(CN3c4ccc([N+](=O)[O-])cc4CC3C)n2)c(OC)c1. The molecule has 2 heterocycles. The van der Waals surface area contributed by atoms with Gasteiger partial charge in [-0.25, -0.2) is 0 Å². The van der Waals surface area contributed by atoms with Gasteiger partial charge in [0.05, 0.1) is 31.3 Å². The minimum Gasteiger partial charge on any atom is -0.497 e. The Morgan fingerprint density at radius 1 is 1.24 bits per heavy atom. The number of ether oxygens (including phenoxy) is 2. The molecule has 0 fully saturated rings. The molecule has 9 nitrogen and oxygen atoms in total. The highest BCUT2D eigenvalue weighted by molar-refractivity contribution is 5.66. The van der Waals surface area contributed by atoms with Gasteiger partial charge in [-0.3, -0.25) is 10.1 Å². The van der Waals surface area contributed by atoms with Gasteiger partial charge in [0.15, 0.2) is 0 Å². The zero-order valence-corrected chi connectivity index (χ0v) is 16.3. The van der Waals surface area contributed by atoms with Gasteiger partial charge in [0.25, 0.3) is 5.69 Å². The standard InChI is InChI=1S/C20H20N4O5/c1-12-8-13-9-14(24(25)26)4-7-17(13)23(12)11-19-21-20(22-29-19)16-6-5-15(27-2)10-18(16)28-3/h4-7,9-10,12H,8,11H2,1-3H3. The van der Waals surface area contributed by atoms with Crippen molar-refractivity contribution in [3.8, 4) is 22.9 Å². The molecule has 0 radical (unpaired) electrons. The van der Waals surface area contributed by atoms with Crippen molar-refractivity contribution in [2.75, 3.05) is 19.1 Å². The summed E-state index contributed by atoms with van der Waals surface area (Å²) in [4.78, 5) is 17.3. The molecule has 1 unspecified atom stereocenters. The highest BCUT2D eigenvalue weighted by Gasteiger charge is 2.29. The van der Waals surface area contributed by atoms with Crippen LogP contribution in [0.15, 0.2) is 40.9 Å². The predicted molar refractivity (Wildman–Crippen MR) is 105 cm³/mol. The van der Waals surface area contributed by atoms with Gasteiger partial charge in [0.2, 0.25) is 11.7 Å². The molecular formula is C20H20N4O5. The van der Waals surface area contributed by atoms with Crippen molar-refractivity contribution >= 4 is 11.4 Å². The fourth-order valence-corrected chi connectivity index (χ4v) is 3.59. The Morgan fingerprint density at radius 2 is 2.07 bits per heavy atom. The number of fused-ring (bicyclic) bond motifs is 1. The van der Waals surface area contributed by atoms with E-state index >= 15 is 0 Å². The maximum Gasteiger partial charge on any atom is 0.269 e. The van der Waals surface area contributed by atoms with E-state index in [1.54, 1.807) is 38.5 Å². The van der Waals surface area contributed by atoms with Crippen LogP contribution in [0.25, 0.3) is 11.4 Å². The highest BCUT2D eigenvalue weighted by Crippen LogP contribution is 2.36. The lowest BCUT2D eigenvalue weighted by Crippen LogP contribution is -2.28. The summed E-state index contributed by atoms with van der Waals surface area (Å²) in [6, 6.07) is 10.5. The first kappa shape index (κ1) is 18.7. The molecule has 0 bridgehead atoms. The molecule has 0 N–H and O–H groups in total. The van der Waals surface area contributed by atoms with Crippen LogP contribution in [0.1, 0.15) is 18.4 Å². The first-order valence-corrected chi connectivity index (χ1v) is 9.09. The zero-order valence-electron chi connectivity index (χ0n) is 16.3. The summed E-state index contributed by atoms with van der Waals surface area (Å²) in [5.41, 5.74) is 2.70. The third-order valence-electron chi connectivity index (χ3n) is 5.05. The fraction of sp³-hybridized carbons (Fsp3) is 0.300. The molecule has 1 atom stereocenters. The van der Waals surface area contributed by atoms with Crippen molar-refractivity contribution in [2.45, 2.75) is 25.9 Å². The molecule has 2 aromatic carbocycles. The molecule has 1 aliphatic rings. The number of hydrogen-bond donors (Lipinski definition) is 0. The number of nitro benzene ring substituents is 1. The molecule has 1 aliphatic heterocycles. The van der Waals surface area contributed by atoms with Gasteiger partial charge in [-0.2, -0.15) is 4.98 Å². The van der Waals surface area contributed by atoms with Gasteiger partial charge in [0, 0.05) is 29.9 Å². The normalized spacial score (nSPS) is 15.3. The quantitative estimate of drug-likeness (QED) is 0.460. The number of rotatable bonds is 6. The Balaban J connectivity index is 1.59. The molecule has 29 heavy (non-hydrogen) atoms. The summed E-state index contributed by atoms with van der Waals surface area (Å²) in [6.07, 6.45) is 0.726.